The average Bonchev–Trinajstić information content (AvgIpc) is 1.98. The fraction of sp³-hybridized carbons (Fsp3) is 0.600. The summed E-state index contributed by atoms with van der Waals surface area (Å²) >= 11 is 0. The lowest BCUT2D eigenvalue weighted by Crippen LogP contribution is -1.69. The third-order valence-electron chi connectivity index (χ3n) is 1.56. The molecule has 0 aromatic carbocycles. The highest BCUT2D eigenvalue weighted by atomic mass is 13.9. The zero-order valence-electron chi connectivity index (χ0n) is 7.35. The minimum Gasteiger partial charge on any atom is -0.0885 e. The third kappa shape index (κ3) is 5.61. The molecule has 10 heavy (non-hydrogen) atoms. The van der Waals surface area contributed by atoms with Gasteiger partial charge in [-0.25, -0.2) is 0 Å². The maximum Gasteiger partial charge on any atom is -0.0167 e. The second-order valence-corrected chi connectivity index (χ2v) is 2.52. The molecule has 0 N–H and O–H groups in total. The van der Waals surface area contributed by atoms with Gasteiger partial charge in [-0.15, -0.1) is 0 Å². The van der Waals surface area contributed by atoms with Crippen molar-refractivity contribution in [2.75, 3.05) is 0 Å². The van der Waals surface area contributed by atoms with E-state index in [9.17, 15) is 0 Å². The van der Waals surface area contributed by atoms with Crippen molar-refractivity contribution in [3.05, 3.63) is 23.8 Å². The Morgan fingerprint density at radius 1 is 1.20 bits per heavy atom. The lowest BCUT2D eigenvalue weighted by molar-refractivity contribution is 1.07. The van der Waals surface area contributed by atoms with E-state index < -0.39 is 0 Å². The van der Waals surface area contributed by atoms with E-state index in [1.54, 1.807) is 0 Å². The Kier molecular flexibility index (Phi) is 6.25. The van der Waals surface area contributed by atoms with Crippen LogP contribution in [0.3, 0.4) is 0 Å². The maximum atomic E-state index is 2.28. The summed E-state index contributed by atoms with van der Waals surface area (Å²) in [6.45, 7) is 6.53. The van der Waals surface area contributed by atoms with Crippen LogP contribution in [-0.2, 0) is 0 Å². The summed E-state index contributed by atoms with van der Waals surface area (Å²) in [6, 6.07) is 0. The molecule has 0 heteroatoms. The highest BCUT2D eigenvalue weighted by Crippen LogP contribution is 2.00. The van der Waals surface area contributed by atoms with Gasteiger partial charge in [0.15, 0.2) is 0 Å². The molecule has 0 aliphatic heterocycles. The molecule has 0 saturated carbocycles. The summed E-state index contributed by atoms with van der Waals surface area (Å²) in [4.78, 5) is 0. The van der Waals surface area contributed by atoms with Gasteiger partial charge in [0.05, 0.1) is 0 Å². The molecule has 0 atom stereocenters. The fourth-order valence-electron chi connectivity index (χ4n) is 0.676. The molecule has 0 fully saturated rings. The van der Waals surface area contributed by atoms with E-state index in [0.29, 0.717) is 0 Å². The Morgan fingerprint density at radius 3 is 2.40 bits per heavy atom. The number of allylic oxidation sites excluding steroid dienone is 4. The molecule has 0 saturated heterocycles. The predicted molar refractivity (Wildman–Crippen MR) is 48.1 cm³/mol. The van der Waals surface area contributed by atoms with E-state index in [2.05, 4.69) is 39.0 Å². The first-order valence-electron chi connectivity index (χ1n) is 4.11. The third-order valence-corrected chi connectivity index (χ3v) is 1.56. The Morgan fingerprint density at radius 2 is 1.90 bits per heavy atom. The van der Waals surface area contributed by atoms with Crippen LogP contribution in [0.15, 0.2) is 23.8 Å². The zero-order valence-corrected chi connectivity index (χ0v) is 7.35. The molecule has 0 rings (SSSR count). The van der Waals surface area contributed by atoms with E-state index in [1.807, 2.05) is 0 Å². The van der Waals surface area contributed by atoms with Crippen molar-refractivity contribution in [1.29, 1.82) is 0 Å². The molecular formula is C10H18. The van der Waals surface area contributed by atoms with E-state index in [4.69, 9.17) is 0 Å². The van der Waals surface area contributed by atoms with Crippen molar-refractivity contribution in [1.82, 2.24) is 0 Å². The normalized spacial score (nSPS) is 12.9. The summed E-state index contributed by atoms with van der Waals surface area (Å²) in [5.41, 5.74) is 1.49. The Balaban J connectivity index is 3.42. The summed E-state index contributed by atoms with van der Waals surface area (Å²) in [5, 5.41) is 0. The molecule has 0 amide bonds. The largest absolute Gasteiger partial charge is 0.0885 e. The molecule has 0 aromatic rings. The number of hydrogen-bond acceptors (Lipinski definition) is 0. The van der Waals surface area contributed by atoms with Crippen LogP contribution in [0.2, 0.25) is 0 Å². The summed E-state index contributed by atoms with van der Waals surface area (Å²) < 4.78 is 0. The van der Waals surface area contributed by atoms with Crippen LogP contribution in [0.1, 0.15) is 40.0 Å². The van der Waals surface area contributed by atoms with Gasteiger partial charge in [-0.2, -0.15) is 0 Å². The molecule has 0 unspecified atom stereocenters. The second kappa shape index (κ2) is 6.60. The molecule has 58 valence electrons. The molecule has 0 radical (unpaired) electrons. The Hall–Kier alpha value is -0.520. The van der Waals surface area contributed by atoms with E-state index in [-0.39, 0.29) is 0 Å². The van der Waals surface area contributed by atoms with Gasteiger partial charge in [0.1, 0.15) is 0 Å². The number of hydrogen-bond donors (Lipinski definition) is 0. The van der Waals surface area contributed by atoms with Crippen LogP contribution in [0.5, 0.6) is 0 Å². The molecule has 0 aromatic heterocycles. The molecular weight excluding hydrogens is 120 g/mol. The Bertz CT molecular complexity index is 118. The molecule has 0 heterocycles. The van der Waals surface area contributed by atoms with Crippen LogP contribution in [0, 0.1) is 0 Å². The highest BCUT2D eigenvalue weighted by Gasteiger charge is 1.79. The van der Waals surface area contributed by atoms with Crippen LogP contribution in [0.4, 0.5) is 0 Å². The maximum absolute atomic E-state index is 2.28. The van der Waals surface area contributed by atoms with Gasteiger partial charge in [0.25, 0.3) is 0 Å². The van der Waals surface area contributed by atoms with Gasteiger partial charge in [-0.05, 0) is 26.2 Å². The van der Waals surface area contributed by atoms with E-state index in [0.717, 1.165) is 12.8 Å². The van der Waals surface area contributed by atoms with Gasteiger partial charge in [-0.1, -0.05) is 37.6 Å². The zero-order chi connectivity index (χ0) is 7.82. The first kappa shape index (κ1) is 9.48. The monoisotopic (exact) mass is 138 g/mol. The van der Waals surface area contributed by atoms with E-state index in [1.165, 1.54) is 12.0 Å². The van der Waals surface area contributed by atoms with E-state index >= 15 is 0 Å². The average molecular weight is 138 g/mol. The van der Waals surface area contributed by atoms with Crippen molar-refractivity contribution >= 4 is 0 Å². The Labute approximate surface area is 64.6 Å². The van der Waals surface area contributed by atoms with Crippen LogP contribution in [0.25, 0.3) is 0 Å². The lowest BCUT2D eigenvalue weighted by Gasteiger charge is -1.90. The molecule has 0 nitrogen and oxygen atoms in total. The first-order valence-corrected chi connectivity index (χ1v) is 4.11. The van der Waals surface area contributed by atoms with Gasteiger partial charge in [-0.3, -0.25) is 0 Å². The summed E-state index contributed by atoms with van der Waals surface area (Å²) in [7, 11) is 0. The molecule has 0 bridgehead atoms. The minimum absolute atomic E-state index is 1.10. The molecule has 0 aliphatic rings. The SMILES string of the molecule is CC/C=C\C/C=C(\C)CC. The van der Waals surface area contributed by atoms with Crippen LogP contribution >= 0.6 is 0 Å². The van der Waals surface area contributed by atoms with Gasteiger partial charge < -0.3 is 0 Å². The fourth-order valence-corrected chi connectivity index (χ4v) is 0.676. The quantitative estimate of drug-likeness (QED) is 0.520. The van der Waals surface area contributed by atoms with Crippen molar-refractivity contribution in [2.45, 2.75) is 40.0 Å². The minimum atomic E-state index is 1.10. The van der Waals surface area contributed by atoms with Gasteiger partial charge >= 0.3 is 0 Å². The van der Waals surface area contributed by atoms with Gasteiger partial charge in [0.2, 0.25) is 0 Å². The van der Waals surface area contributed by atoms with Crippen LogP contribution in [-0.4, -0.2) is 0 Å². The van der Waals surface area contributed by atoms with Crippen molar-refractivity contribution < 1.29 is 0 Å². The standard InChI is InChI=1S/C10H18/c1-4-6-7-8-9-10(3)5-2/h6-7,9H,4-5,8H2,1-3H3/b7-6-,10-9+. The smallest absolute Gasteiger partial charge is 0.0167 e. The predicted octanol–water partition coefficient (Wildman–Crippen LogP) is 3.70. The lowest BCUT2D eigenvalue weighted by atomic mass is 10.2. The summed E-state index contributed by atoms with van der Waals surface area (Å²) in [5.74, 6) is 0. The van der Waals surface area contributed by atoms with Crippen molar-refractivity contribution in [2.24, 2.45) is 0 Å². The van der Waals surface area contributed by atoms with Crippen molar-refractivity contribution in [3.63, 3.8) is 0 Å². The highest BCUT2D eigenvalue weighted by molar-refractivity contribution is 5.01. The second-order valence-electron chi connectivity index (χ2n) is 2.52. The molecule has 0 aliphatic carbocycles. The topological polar surface area (TPSA) is 0 Å². The number of rotatable bonds is 4. The summed E-state index contributed by atoms with van der Waals surface area (Å²) in [6.07, 6.45) is 10.2. The first-order chi connectivity index (χ1) is 4.81. The molecule has 0 spiro atoms. The van der Waals surface area contributed by atoms with Crippen molar-refractivity contribution in [3.8, 4) is 0 Å². The van der Waals surface area contributed by atoms with Gasteiger partial charge in [0, 0.05) is 0 Å². The van der Waals surface area contributed by atoms with Crippen LogP contribution < -0.4 is 0 Å².